The average molecular weight is 204 g/mol. The van der Waals surface area contributed by atoms with Gasteiger partial charge in [-0.15, -0.1) is 0 Å². The lowest BCUT2D eigenvalue weighted by atomic mass is 10.0. The fourth-order valence-electron chi connectivity index (χ4n) is 1.50. The van der Waals surface area contributed by atoms with E-state index in [0.717, 1.165) is 0 Å². The first-order valence-corrected chi connectivity index (χ1v) is 4.81. The Morgan fingerprint density at radius 3 is 3.00 bits per heavy atom. The molecule has 14 heavy (non-hydrogen) atoms. The van der Waals surface area contributed by atoms with Crippen LogP contribution in [0.3, 0.4) is 0 Å². The van der Waals surface area contributed by atoms with Gasteiger partial charge in [-0.05, 0) is 6.42 Å². The van der Waals surface area contributed by atoms with Crippen molar-refractivity contribution in [1.29, 1.82) is 0 Å². The number of halogens is 1. The van der Waals surface area contributed by atoms with Crippen LogP contribution < -0.4 is 5.73 Å². The van der Waals surface area contributed by atoms with Gasteiger partial charge in [0.25, 0.3) is 0 Å². The number of amides is 1. The standard InChI is InChI=1S/C9H17FN2O2/c1-14-5-3-9(13)12-4-2-8(11)7(10)6-12/h7-8H,2-6,11H2,1H3. The van der Waals surface area contributed by atoms with Crippen molar-refractivity contribution in [2.75, 3.05) is 26.8 Å². The first-order chi connectivity index (χ1) is 6.65. The van der Waals surface area contributed by atoms with Gasteiger partial charge in [0.2, 0.25) is 5.91 Å². The van der Waals surface area contributed by atoms with Gasteiger partial charge in [0.05, 0.1) is 19.6 Å². The number of carbonyl (C=O) groups excluding carboxylic acids is 1. The average Bonchev–Trinajstić information content (AvgIpc) is 2.18. The van der Waals surface area contributed by atoms with E-state index in [2.05, 4.69) is 0 Å². The molecule has 1 fully saturated rings. The molecule has 1 aliphatic rings. The van der Waals surface area contributed by atoms with Gasteiger partial charge < -0.3 is 15.4 Å². The highest BCUT2D eigenvalue weighted by Crippen LogP contribution is 2.13. The normalized spacial score (nSPS) is 27.8. The summed E-state index contributed by atoms with van der Waals surface area (Å²) in [5.41, 5.74) is 5.50. The van der Waals surface area contributed by atoms with Gasteiger partial charge in [0.1, 0.15) is 6.17 Å². The van der Waals surface area contributed by atoms with Gasteiger partial charge in [0.15, 0.2) is 0 Å². The van der Waals surface area contributed by atoms with Crippen molar-refractivity contribution in [2.24, 2.45) is 5.73 Å². The lowest BCUT2D eigenvalue weighted by Crippen LogP contribution is -2.50. The van der Waals surface area contributed by atoms with E-state index < -0.39 is 12.2 Å². The summed E-state index contributed by atoms with van der Waals surface area (Å²) < 4.78 is 17.9. The van der Waals surface area contributed by atoms with Gasteiger partial charge in [0, 0.05) is 19.7 Å². The molecule has 2 N–H and O–H groups in total. The number of methoxy groups -OCH3 is 1. The van der Waals surface area contributed by atoms with Crippen LogP contribution in [0.2, 0.25) is 0 Å². The molecule has 5 heteroatoms. The van der Waals surface area contributed by atoms with Crippen molar-refractivity contribution in [3.05, 3.63) is 0 Å². The molecule has 1 saturated heterocycles. The number of hydrogen-bond donors (Lipinski definition) is 1. The Balaban J connectivity index is 2.34. The molecule has 1 amide bonds. The molecular weight excluding hydrogens is 187 g/mol. The van der Waals surface area contributed by atoms with Crippen molar-refractivity contribution in [2.45, 2.75) is 25.1 Å². The molecule has 0 aromatic rings. The number of nitrogens with two attached hydrogens (primary N) is 1. The Kier molecular flexibility index (Phi) is 4.28. The highest BCUT2D eigenvalue weighted by Gasteiger charge is 2.28. The van der Waals surface area contributed by atoms with Crippen LogP contribution in [0.15, 0.2) is 0 Å². The largest absolute Gasteiger partial charge is 0.384 e. The summed E-state index contributed by atoms with van der Waals surface area (Å²) in [6.07, 6.45) is -0.228. The van der Waals surface area contributed by atoms with Crippen LogP contribution in [0.5, 0.6) is 0 Å². The summed E-state index contributed by atoms with van der Waals surface area (Å²) in [6.45, 7) is 1.08. The number of hydrogen-bond acceptors (Lipinski definition) is 3. The third-order valence-corrected chi connectivity index (χ3v) is 2.46. The van der Waals surface area contributed by atoms with E-state index in [9.17, 15) is 9.18 Å². The second kappa shape index (κ2) is 5.26. The fourth-order valence-corrected chi connectivity index (χ4v) is 1.50. The van der Waals surface area contributed by atoms with E-state index in [0.29, 0.717) is 26.0 Å². The fraction of sp³-hybridized carbons (Fsp3) is 0.889. The molecule has 1 aliphatic heterocycles. The van der Waals surface area contributed by atoms with Crippen molar-refractivity contribution in [3.8, 4) is 0 Å². The van der Waals surface area contributed by atoms with Crippen molar-refractivity contribution in [3.63, 3.8) is 0 Å². The smallest absolute Gasteiger partial charge is 0.224 e. The topological polar surface area (TPSA) is 55.6 Å². The first kappa shape index (κ1) is 11.4. The van der Waals surface area contributed by atoms with Gasteiger partial charge in [-0.1, -0.05) is 0 Å². The molecule has 0 spiro atoms. The maximum absolute atomic E-state index is 13.2. The number of ether oxygens (including phenoxy) is 1. The van der Waals surface area contributed by atoms with Gasteiger partial charge in [-0.3, -0.25) is 4.79 Å². The minimum atomic E-state index is -1.09. The summed E-state index contributed by atoms with van der Waals surface area (Å²) in [5.74, 6) is -0.0543. The molecule has 1 heterocycles. The molecule has 4 nitrogen and oxygen atoms in total. The van der Waals surface area contributed by atoms with E-state index >= 15 is 0 Å². The highest BCUT2D eigenvalue weighted by molar-refractivity contribution is 5.76. The van der Waals surface area contributed by atoms with E-state index in [1.54, 1.807) is 0 Å². The van der Waals surface area contributed by atoms with Gasteiger partial charge in [-0.2, -0.15) is 0 Å². The molecule has 0 saturated carbocycles. The van der Waals surface area contributed by atoms with E-state index in [4.69, 9.17) is 10.5 Å². The van der Waals surface area contributed by atoms with Crippen LogP contribution in [0.4, 0.5) is 4.39 Å². The summed E-state index contributed by atoms with van der Waals surface area (Å²) in [4.78, 5) is 13.0. The maximum Gasteiger partial charge on any atom is 0.224 e. The van der Waals surface area contributed by atoms with Crippen molar-refractivity contribution >= 4 is 5.91 Å². The van der Waals surface area contributed by atoms with Gasteiger partial charge in [-0.25, -0.2) is 4.39 Å². The molecule has 2 atom stereocenters. The molecule has 0 aromatic heterocycles. The zero-order valence-electron chi connectivity index (χ0n) is 8.41. The summed E-state index contributed by atoms with van der Waals surface area (Å²) in [7, 11) is 1.54. The van der Waals surface area contributed by atoms with E-state index in [1.165, 1.54) is 12.0 Å². The zero-order valence-corrected chi connectivity index (χ0v) is 8.41. The minimum Gasteiger partial charge on any atom is -0.384 e. The highest BCUT2D eigenvalue weighted by atomic mass is 19.1. The number of nitrogens with zero attached hydrogens (tertiary/aromatic N) is 1. The third kappa shape index (κ3) is 2.92. The molecule has 0 bridgehead atoms. The molecule has 1 rings (SSSR count). The van der Waals surface area contributed by atoms with E-state index in [-0.39, 0.29) is 12.5 Å². The lowest BCUT2D eigenvalue weighted by Gasteiger charge is -2.32. The van der Waals surface area contributed by atoms with Crippen LogP contribution >= 0.6 is 0 Å². The minimum absolute atomic E-state index is 0.0543. The lowest BCUT2D eigenvalue weighted by molar-refractivity contribution is -0.134. The molecule has 2 unspecified atom stereocenters. The molecule has 0 radical (unpaired) electrons. The Morgan fingerprint density at radius 2 is 2.43 bits per heavy atom. The number of alkyl halides is 1. The first-order valence-electron chi connectivity index (χ1n) is 4.81. The number of likely N-dealkylation sites (tertiary alicyclic amines) is 1. The molecule has 0 aliphatic carbocycles. The van der Waals surface area contributed by atoms with E-state index in [1.807, 2.05) is 0 Å². The predicted molar refractivity (Wildman–Crippen MR) is 50.6 cm³/mol. The van der Waals surface area contributed by atoms with Gasteiger partial charge >= 0.3 is 0 Å². The Labute approximate surface area is 83.2 Å². The predicted octanol–water partition coefficient (Wildman–Crippen LogP) is -0.0794. The number of rotatable bonds is 3. The second-order valence-corrected chi connectivity index (χ2v) is 3.55. The summed E-state index contributed by atoms with van der Waals surface area (Å²) in [6, 6.07) is -0.415. The Hall–Kier alpha value is -0.680. The molecule has 0 aromatic carbocycles. The van der Waals surface area contributed by atoms with Crippen LogP contribution in [0.1, 0.15) is 12.8 Å². The SMILES string of the molecule is COCCC(=O)N1CCC(N)C(F)C1. The summed E-state index contributed by atoms with van der Waals surface area (Å²) >= 11 is 0. The molecular formula is C9H17FN2O2. The van der Waals surface area contributed by atoms with Crippen LogP contribution in [-0.2, 0) is 9.53 Å². The number of carbonyl (C=O) groups is 1. The maximum atomic E-state index is 13.2. The summed E-state index contributed by atoms with van der Waals surface area (Å²) in [5, 5.41) is 0. The molecule has 82 valence electrons. The quantitative estimate of drug-likeness (QED) is 0.699. The Morgan fingerprint density at radius 1 is 1.71 bits per heavy atom. The Bertz CT molecular complexity index is 201. The third-order valence-electron chi connectivity index (χ3n) is 2.46. The van der Waals surface area contributed by atoms with Crippen LogP contribution in [0, 0.1) is 0 Å². The zero-order chi connectivity index (χ0) is 10.6. The van der Waals surface area contributed by atoms with Crippen molar-refractivity contribution in [1.82, 2.24) is 4.90 Å². The van der Waals surface area contributed by atoms with Crippen LogP contribution in [0.25, 0.3) is 0 Å². The second-order valence-electron chi connectivity index (χ2n) is 3.55. The monoisotopic (exact) mass is 204 g/mol. The van der Waals surface area contributed by atoms with Crippen molar-refractivity contribution < 1.29 is 13.9 Å². The number of piperidine rings is 1. The van der Waals surface area contributed by atoms with Crippen LogP contribution in [-0.4, -0.2) is 49.8 Å².